The van der Waals surface area contributed by atoms with E-state index in [2.05, 4.69) is 0 Å². The fourth-order valence-corrected chi connectivity index (χ4v) is 1.82. The molecule has 0 spiro atoms. The highest BCUT2D eigenvalue weighted by Crippen LogP contribution is 2.10. The first-order valence-corrected chi connectivity index (χ1v) is 5.63. The Hall–Kier alpha value is -1.84. The van der Waals surface area contributed by atoms with Gasteiger partial charge in [-0.15, -0.1) is 0 Å². The molecule has 2 amide bonds. The van der Waals surface area contributed by atoms with Crippen LogP contribution in [0.15, 0.2) is 24.3 Å². The van der Waals surface area contributed by atoms with Gasteiger partial charge in [0.05, 0.1) is 6.54 Å². The van der Waals surface area contributed by atoms with Crippen LogP contribution in [0, 0.1) is 6.92 Å². The number of aryl methyl sites for hydroxylation is 1. The lowest BCUT2D eigenvalue weighted by molar-refractivity contribution is -0.149. The maximum atomic E-state index is 11.8. The first kappa shape index (κ1) is 11.6. The van der Waals surface area contributed by atoms with E-state index in [9.17, 15) is 9.59 Å². The minimum absolute atomic E-state index is 0.00304. The molecule has 0 aromatic heterocycles. The molecule has 0 atom stereocenters. The first-order valence-electron chi connectivity index (χ1n) is 5.63. The molecule has 4 nitrogen and oxygen atoms in total. The molecule has 0 radical (unpaired) electrons. The summed E-state index contributed by atoms with van der Waals surface area (Å²) in [6.07, 6.45) is 0. The standard InChI is InChI=1S/C13H16N2O2/c1-10-3-5-11(6-4-10)7-15-9-12(16)14(2)8-13(15)17/h3-6H,7-9H2,1-2H3. The molecular formula is C13H16N2O2. The zero-order valence-electron chi connectivity index (χ0n) is 10.1. The molecule has 1 aromatic rings. The summed E-state index contributed by atoms with van der Waals surface area (Å²) < 4.78 is 0. The Bertz CT molecular complexity index is 439. The van der Waals surface area contributed by atoms with Crippen LogP contribution < -0.4 is 0 Å². The van der Waals surface area contributed by atoms with Crippen LogP contribution in [0.2, 0.25) is 0 Å². The Labute approximate surface area is 101 Å². The van der Waals surface area contributed by atoms with Gasteiger partial charge in [0, 0.05) is 13.6 Å². The number of piperazine rings is 1. The summed E-state index contributed by atoms with van der Waals surface area (Å²) in [5.74, 6) is 0.00406. The number of likely N-dealkylation sites (N-methyl/N-ethyl adjacent to an activating group) is 1. The van der Waals surface area contributed by atoms with Crippen LogP contribution in [-0.4, -0.2) is 41.8 Å². The molecule has 0 aliphatic carbocycles. The van der Waals surface area contributed by atoms with E-state index in [1.54, 1.807) is 11.9 Å². The van der Waals surface area contributed by atoms with E-state index in [4.69, 9.17) is 0 Å². The number of carbonyl (C=O) groups is 2. The van der Waals surface area contributed by atoms with Crippen molar-refractivity contribution >= 4 is 11.8 Å². The SMILES string of the molecule is Cc1ccc(CN2CC(=O)N(C)CC2=O)cc1. The van der Waals surface area contributed by atoms with Crippen molar-refractivity contribution in [1.29, 1.82) is 0 Å². The van der Waals surface area contributed by atoms with Crippen LogP contribution in [0.4, 0.5) is 0 Å². The summed E-state index contributed by atoms with van der Waals surface area (Å²) in [5.41, 5.74) is 2.25. The van der Waals surface area contributed by atoms with Gasteiger partial charge in [-0.05, 0) is 12.5 Å². The lowest BCUT2D eigenvalue weighted by atomic mass is 10.1. The Morgan fingerprint density at radius 1 is 1.06 bits per heavy atom. The van der Waals surface area contributed by atoms with Gasteiger partial charge in [-0.2, -0.15) is 0 Å². The van der Waals surface area contributed by atoms with E-state index >= 15 is 0 Å². The molecule has 1 aliphatic rings. The van der Waals surface area contributed by atoms with E-state index < -0.39 is 0 Å². The predicted octanol–water partition coefficient (Wildman–Crippen LogP) is 0.796. The smallest absolute Gasteiger partial charge is 0.242 e. The zero-order valence-corrected chi connectivity index (χ0v) is 10.1. The van der Waals surface area contributed by atoms with Crippen LogP contribution in [0.5, 0.6) is 0 Å². The van der Waals surface area contributed by atoms with E-state index in [0.29, 0.717) is 6.54 Å². The molecule has 1 heterocycles. The van der Waals surface area contributed by atoms with Crippen molar-refractivity contribution in [3.05, 3.63) is 35.4 Å². The quantitative estimate of drug-likeness (QED) is 0.756. The second-order valence-electron chi connectivity index (χ2n) is 4.49. The summed E-state index contributed by atoms with van der Waals surface area (Å²) in [5, 5.41) is 0. The first-order chi connectivity index (χ1) is 8.06. The van der Waals surface area contributed by atoms with Gasteiger partial charge in [0.2, 0.25) is 11.8 Å². The monoisotopic (exact) mass is 232 g/mol. The maximum Gasteiger partial charge on any atom is 0.242 e. The lowest BCUT2D eigenvalue weighted by Gasteiger charge is -2.31. The number of nitrogens with zero attached hydrogens (tertiary/aromatic N) is 2. The normalized spacial score (nSPS) is 16.6. The minimum Gasteiger partial charge on any atom is -0.335 e. The van der Waals surface area contributed by atoms with E-state index in [-0.39, 0.29) is 24.9 Å². The Balaban J connectivity index is 2.06. The molecule has 17 heavy (non-hydrogen) atoms. The molecule has 1 fully saturated rings. The van der Waals surface area contributed by atoms with E-state index in [1.807, 2.05) is 31.2 Å². The van der Waals surface area contributed by atoms with Gasteiger partial charge in [0.15, 0.2) is 0 Å². The van der Waals surface area contributed by atoms with Crippen molar-refractivity contribution < 1.29 is 9.59 Å². The Morgan fingerprint density at radius 3 is 2.35 bits per heavy atom. The van der Waals surface area contributed by atoms with E-state index in [1.165, 1.54) is 10.5 Å². The summed E-state index contributed by atoms with van der Waals surface area (Å²) in [6.45, 7) is 2.90. The highest BCUT2D eigenvalue weighted by atomic mass is 16.2. The van der Waals surface area contributed by atoms with Gasteiger partial charge in [-0.1, -0.05) is 29.8 Å². The van der Waals surface area contributed by atoms with Crippen LogP contribution in [0.1, 0.15) is 11.1 Å². The van der Waals surface area contributed by atoms with Crippen molar-refractivity contribution in [2.75, 3.05) is 20.1 Å². The molecule has 90 valence electrons. The number of carbonyl (C=O) groups excluding carboxylic acids is 2. The van der Waals surface area contributed by atoms with Gasteiger partial charge >= 0.3 is 0 Å². The van der Waals surface area contributed by atoms with Crippen molar-refractivity contribution in [3.63, 3.8) is 0 Å². The number of rotatable bonds is 2. The second kappa shape index (κ2) is 4.57. The van der Waals surface area contributed by atoms with Gasteiger partial charge in [0.25, 0.3) is 0 Å². The molecule has 0 unspecified atom stereocenters. The molecule has 0 saturated carbocycles. The van der Waals surface area contributed by atoms with Crippen LogP contribution in [0.25, 0.3) is 0 Å². The highest BCUT2D eigenvalue weighted by molar-refractivity contribution is 5.92. The molecule has 2 rings (SSSR count). The van der Waals surface area contributed by atoms with Crippen molar-refractivity contribution in [1.82, 2.24) is 9.80 Å². The number of benzene rings is 1. The molecule has 1 aromatic carbocycles. The molecule has 1 aliphatic heterocycles. The average Bonchev–Trinajstić information content (AvgIpc) is 2.29. The fraction of sp³-hybridized carbons (Fsp3) is 0.385. The third kappa shape index (κ3) is 2.64. The van der Waals surface area contributed by atoms with Crippen LogP contribution in [-0.2, 0) is 16.1 Å². The summed E-state index contributed by atoms with van der Waals surface area (Å²) in [7, 11) is 1.66. The fourth-order valence-electron chi connectivity index (χ4n) is 1.82. The predicted molar refractivity (Wildman–Crippen MR) is 64.2 cm³/mol. The summed E-state index contributed by atoms with van der Waals surface area (Å²) in [6, 6.07) is 8.01. The Kier molecular flexibility index (Phi) is 3.13. The zero-order chi connectivity index (χ0) is 12.4. The lowest BCUT2D eigenvalue weighted by Crippen LogP contribution is -2.51. The minimum atomic E-state index is -0.00304. The van der Waals surface area contributed by atoms with Gasteiger partial charge in [-0.25, -0.2) is 0 Å². The molecule has 4 heteroatoms. The van der Waals surface area contributed by atoms with Crippen molar-refractivity contribution in [2.45, 2.75) is 13.5 Å². The Morgan fingerprint density at radius 2 is 1.71 bits per heavy atom. The number of hydrogen-bond donors (Lipinski definition) is 0. The third-order valence-electron chi connectivity index (χ3n) is 2.97. The molecule has 0 bridgehead atoms. The van der Waals surface area contributed by atoms with Gasteiger partial charge < -0.3 is 9.80 Å². The topological polar surface area (TPSA) is 40.6 Å². The summed E-state index contributed by atoms with van der Waals surface area (Å²) in [4.78, 5) is 26.4. The van der Waals surface area contributed by atoms with Crippen LogP contribution >= 0.6 is 0 Å². The maximum absolute atomic E-state index is 11.8. The van der Waals surface area contributed by atoms with E-state index in [0.717, 1.165) is 5.56 Å². The molecule has 0 N–H and O–H groups in total. The number of amides is 2. The van der Waals surface area contributed by atoms with Crippen molar-refractivity contribution in [2.24, 2.45) is 0 Å². The van der Waals surface area contributed by atoms with Gasteiger partial charge in [0.1, 0.15) is 6.54 Å². The number of hydrogen-bond acceptors (Lipinski definition) is 2. The average molecular weight is 232 g/mol. The largest absolute Gasteiger partial charge is 0.335 e. The second-order valence-corrected chi connectivity index (χ2v) is 4.49. The third-order valence-corrected chi connectivity index (χ3v) is 2.97. The molecule has 1 saturated heterocycles. The van der Waals surface area contributed by atoms with Crippen molar-refractivity contribution in [3.8, 4) is 0 Å². The highest BCUT2D eigenvalue weighted by Gasteiger charge is 2.27. The molecular weight excluding hydrogens is 216 g/mol. The van der Waals surface area contributed by atoms with Gasteiger partial charge in [-0.3, -0.25) is 9.59 Å². The van der Waals surface area contributed by atoms with Crippen LogP contribution in [0.3, 0.4) is 0 Å². The summed E-state index contributed by atoms with van der Waals surface area (Å²) >= 11 is 0.